The van der Waals surface area contributed by atoms with Crippen molar-refractivity contribution in [3.8, 4) is 50.2 Å². The molecule has 2 heteroatoms. The van der Waals surface area contributed by atoms with E-state index in [-0.39, 0.29) is 5.41 Å². The summed E-state index contributed by atoms with van der Waals surface area (Å²) in [5.74, 6) is 0. The van der Waals surface area contributed by atoms with Crippen LogP contribution >= 0.6 is 0 Å². The van der Waals surface area contributed by atoms with Crippen LogP contribution in [0.2, 0.25) is 0 Å². The standard InChI is InChI=1S/C65H46N2/c1-65(2)60-24-11-8-20-56(60)59-41-47(33-40-61(59)65)53-19-9-12-25-62(53)66(50-36-29-45(30-37-50)52-22-14-23-54-51-18-7-6-15-44(51)31-38-55(52)54)49-34-27-43(28-35-49)46-32-39-58-57-21-10-13-26-63(57)67(64(58)42-46)48-16-4-3-5-17-48/h3-42H,1-2H3. The molecular formula is C65H46N2. The highest BCUT2D eigenvalue weighted by Gasteiger charge is 2.35. The molecule has 11 aromatic carbocycles. The highest BCUT2D eigenvalue weighted by atomic mass is 15.1. The Labute approximate surface area is 391 Å². The maximum Gasteiger partial charge on any atom is 0.0547 e. The van der Waals surface area contributed by atoms with E-state index in [1.54, 1.807) is 0 Å². The molecule has 0 spiro atoms. The van der Waals surface area contributed by atoms with E-state index in [4.69, 9.17) is 0 Å². The minimum Gasteiger partial charge on any atom is -0.310 e. The van der Waals surface area contributed by atoms with Crippen LogP contribution in [-0.2, 0) is 5.41 Å². The molecule has 2 nitrogen and oxygen atoms in total. The SMILES string of the molecule is CC1(C)c2ccccc2-c2cc(-c3ccccc3N(c3ccc(-c4ccc5c6ccccc6n(-c6ccccc6)c5c4)cc3)c3ccc(-c4cccc5c4ccc4ccccc45)cc3)ccc21. The van der Waals surface area contributed by atoms with Crippen molar-refractivity contribution in [3.05, 3.63) is 254 Å². The van der Waals surface area contributed by atoms with Gasteiger partial charge >= 0.3 is 0 Å². The van der Waals surface area contributed by atoms with Crippen LogP contribution in [0.15, 0.2) is 243 Å². The van der Waals surface area contributed by atoms with Gasteiger partial charge in [0.2, 0.25) is 0 Å². The lowest BCUT2D eigenvalue weighted by Crippen LogP contribution is -2.14. The predicted molar refractivity (Wildman–Crippen MR) is 284 cm³/mol. The number of fused-ring (bicyclic) bond motifs is 9. The van der Waals surface area contributed by atoms with E-state index in [1.165, 1.54) is 99.0 Å². The summed E-state index contributed by atoms with van der Waals surface area (Å²) in [6.07, 6.45) is 0. The number of rotatable bonds is 7. The molecule has 1 aromatic heterocycles. The van der Waals surface area contributed by atoms with E-state index in [9.17, 15) is 0 Å². The largest absolute Gasteiger partial charge is 0.310 e. The van der Waals surface area contributed by atoms with Gasteiger partial charge in [-0.1, -0.05) is 196 Å². The molecule has 0 amide bonds. The number of aromatic nitrogens is 1. The maximum atomic E-state index is 2.43. The molecule has 0 radical (unpaired) electrons. The highest BCUT2D eigenvalue weighted by Crippen LogP contribution is 2.51. The quantitative estimate of drug-likeness (QED) is 0.145. The van der Waals surface area contributed by atoms with Crippen LogP contribution in [-0.4, -0.2) is 4.57 Å². The number of anilines is 3. The van der Waals surface area contributed by atoms with Gasteiger partial charge in [0.1, 0.15) is 0 Å². The lowest BCUT2D eigenvalue weighted by atomic mass is 9.82. The van der Waals surface area contributed by atoms with Gasteiger partial charge in [-0.2, -0.15) is 0 Å². The summed E-state index contributed by atoms with van der Waals surface area (Å²) in [5.41, 5.74) is 19.4. The Morgan fingerprint density at radius 3 is 1.73 bits per heavy atom. The van der Waals surface area contributed by atoms with Gasteiger partial charge in [0.05, 0.1) is 16.7 Å². The Balaban J connectivity index is 0.943. The Morgan fingerprint density at radius 1 is 0.328 bits per heavy atom. The summed E-state index contributed by atoms with van der Waals surface area (Å²) in [6.45, 7) is 4.70. The molecule has 0 unspecified atom stereocenters. The monoisotopic (exact) mass is 854 g/mol. The topological polar surface area (TPSA) is 8.17 Å². The summed E-state index contributed by atoms with van der Waals surface area (Å²) in [4.78, 5) is 2.43. The number of hydrogen-bond acceptors (Lipinski definition) is 1. The summed E-state index contributed by atoms with van der Waals surface area (Å²) in [7, 11) is 0. The molecule has 0 bridgehead atoms. The third-order valence-corrected chi connectivity index (χ3v) is 14.4. The van der Waals surface area contributed by atoms with Gasteiger partial charge in [-0.05, 0) is 132 Å². The minimum absolute atomic E-state index is 0.0562. The van der Waals surface area contributed by atoms with E-state index >= 15 is 0 Å². The second kappa shape index (κ2) is 15.3. The van der Waals surface area contributed by atoms with Gasteiger partial charge in [0.25, 0.3) is 0 Å². The van der Waals surface area contributed by atoms with Gasteiger partial charge in [0.15, 0.2) is 0 Å². The maximum absolute atomic E-state index is 2.43. The Bertz CT molecular complexity index is 3870. The summed E-state index contributed by atoms with van der Waals surface area (Å²) in [5, 5.41) is 7.58. The Morgan fingerprint density at radius 2 is 0.910 bits per heavy atom. The zero-order valence-electron chi connectivity index (χ0n) is 37.5. The molecule has 1 heterocycles. The first-order valence-corrected chi connectivity index (χ1v) is 23.3. The fourth-order valence-corrected chi connectivity index (χ4v) is 11.1. The molecule has 0 fully saturated rings. The lowest BCUT2D eigenvalue weighted by molar-refractivity contribution is 0.660. The van der Waals surface area contributed by atoms with Crippen LogP contribution in [0.5, 0.6) is 0 Å². The fraction of sp³-hybridized carbons (Fsp3) is 0.0462. The second-order valence-electron chi connectivity index (χ2n) is 18.5. The molecule has 0 aliphatic heterocycles. The van der Waals surface area contributed by atoms with Crippen molar-refractivity contribution in [2.75, 3.05) is 4.90 Å². The molecular weight excluding hydrogens is 809 g/mol. The fourth-order valence-electron chi connectivity index (χ4n) is 11.1. The second-order valence-corrected chi connectivity index (χ2v) is 18.5. The van der Waals surface area contributed by atoms with Crippen molar-refractivity contribution < 1.29 is 0 Å². The molecule has 0 N–H and O–H groups in total. The first-order chi connectivity index (χ1) is 33.0. The van der Waals surface area contributed by atoms with Crippen LogP contribution in [0, 0.1) is 0 Å². The van der Waals surface area contributed by atoms with Crippen molar-refractivity contribution in [1.29, 1.82) is 0 Å². The molecule has 316 valence electrons. The predicted octanol–water partition coefficient (Wildman–Crippen LogP) is 17.9. The molecule has 12 aromatic rings. The van der Waals surface area contributed by atoms with E-state index in [0.717, 1.165) is 22.7 Å². The smallest absolute Gasteiger partial charge is 0.0547 e. The average Bonchev–Trinajstić information content (AvgIpc) is 3.84. The van der Waals surface area contributed by atoms with Gasteiger partial charge in [0, 0.05) is 38.8 Å². The van der Waals surface area contributed by atoms with E-state index < -0.39 is 0 Å². The normalized spacial score (nSPS) is 12.7. The van der Waals surface area contributed by atoms with Crippen LogP contribution in [0.3, 0.4) is 0 Å². The van der Waals surface area contributed by atoms with Gasteiger partial charge < -0.3 is 9.47 Å². The highest BCUT2D eigenvalue weighted by molar-refractivity contribution is 6.12. The van der Waals surface area contributed by atoms with Crippen LogP contribution < -0.4 is 4.90 Å². The van der Waals surface area contributed by atoms with Crippen LogP contribution in [0.25, 0.3) is 93.5 Å². The zero-order valence-corrected chi connectivity index (χ0v) is 37.5. The van der Waals surface area contributed by atoms with Crippen molar-refractivity contribution >= 4 is 60.4 Å². The molecule has 0 saturated heterocycles. The zero-order chi connectivity index (χ0) is 44.6. The van der Waals surface area contributed by atoms with Crippen molar-refractivity contribution in [2.24, 2.45) is 0 Å². The van der Waals surface area contributed by atoms with Crippen molar-refractivity contribution in [2.45, 2.75) is 19.3 Å². The van der Waals surface area contributed by atoms with Gasteiger partial charge in [-0.3, -0.25) is 0 Å². The molecule has 0 atom stereocenters. The molecule has 67 heavy (non-hydrogen) atoms. The summed E-state index contributed by atoms with van der Waals surface area (Å²) < 4.78 is 2.39. The minimum atomic E-state index is -0.0562. The molecule has 13 rings (SSSR count). The van der Waals surface area contributed by atoms with E-state index in [1.807, 2.05) is 0 Å². The summed E-state index contributed by atoms with van der Waals surface area (Å²) in [6, 6.07) is 89.4. The van der Waals surface area contributed by atoms with E-state index in [2.05, 4.69) is 266 Å². The number of benzene rings is 11. The number of para-hydroxylation sites is 3. The molecule has 0 saturated carbocycles. The van der Waals surface area contributed by atoms with Gasteiger partial charge in [-0.25, -0.2) is 0 Å². The summed E-state index contributed by atoms with van der Waals surface area (Å²) >= 11 is 0. The third-order valence-electron chi connectivity index (χ3n) is 14.4. The molecule has 1 aliphatic rings. The average molecular weight is 855 g/mol. The Hall–Kier alpha value is -8.46. The number of hydrogen-bond donors (Lipinski definition) is 0. The van der Waals surface area contributed by atoms with Crippen LogP contribution in [0.1, 0.15) is 25.0 Å². The van der Waals surface area contributed by atoms with Crippen molar-refractivity contribution in [1.82, 2.24) is 4.57 Å². The lowest BCUT2D eigenvalue weighted by Gasteiger charge is -2.28. The molecule has 1 aliphatic carbocycles. The van der Waals surface area contributed by atoms with Gasteiger partial charge in [-0.15, -0.1) is 0 Å². The number of nitrogens with zero attached hydrogens (tertiary/aromatic N) is 2. The first-order valence-electron chi connectivity index (χ1n) is 23.3. The van der Waals surface area contributed by atoms with E-state index in [0.29, 0.717) is 0 Å². The first kappa shape index (κ1) is 39.0. The van der Waals surface area contributed by atoms with Crippen molar-refractivity contribution in [3.63, 3.8) is 0 Å². The third kappa shape index (κ3) is 6.25. The Kier molecular flexibility index (Phi) is 8.91. The van der Waals surface area contributed by atoms with Crippen LogP contribution in [0.4, 0.5) is 17.1 Å².